The molecule has 0 bridgehead atoms. The Bertz CT molecular complexity index is 743. The fourth-order valence-corrected chi connectivity index (χ4v) is 3.32. The van der Waals surface area contributed by atoms with E-state index in [1.54, 1.807) is 33.7 Å². The lowest BCUT2D eigenvalue weighted by atomic mass is 9.96. The summed E-state index contributed by atoms with van der Waals surface area (Å²) < 4.78 is 16.2. The highest BCUT2D eigenvalue weighted by Gasteiger charge is 2.36. The number of aromatic nitrogens is 1. The molecule has 1 atom stereocenters. The molecule has 0 amide bonds. The third-order valence-electron chi connectivity index (χ3n) is 4.53. The van der Waals surface area contributed by atoms with Crippen molar-refractivity contribution in [2.24, 2.45) is 5.92 Å². The molecule has 24 heavy (non-hydrogen) atoms. The minimum Gasteiger partial charge on any atom is -0.493 e. The highest BCUT2D eigenvalue weighted by Crippen LogP contribution is 2.46. The van der Waals surface area contributed by atoms with Gasteiger partial charge in [-0.25, -0.2) is 0 Å². The second-order valence-corrected chi connectivity index (χ2v) is 5.84. The van der Waals surface area contributed by atoms with Crippen LogP contribution in [0.1, 0.15) is 27.9 Å². The molecule has 0 N–H and O–H groups in total. The first-order valence-electron chi connectivity index (χ1n) is 7.94. The molecular formula is C19H21NO4. The molecule has 2 aromatic rings. The number of ketones is 1. The molecule has 126 valence electrons. The molecule has 0 aliphatic heterocycles. The molecule has 0 saturated carbocycles. The van der Waals surface area contributed by atoms with Crippen LogP contribution >= 0.6 is 0 Å². The zero-order chi connectivity index (χ0) is 17.1. The van der Waals surface area contributed by atoms with Crippen LogP contribution in [0, 0.1) is 5.92 Å². The highest BCUT2D eigenvalue weighted by molar-refractivity contribution is 6.05. The summed E-state index contributed by atoms with van der Waals surface area (Å²) in [4.78, 5) is 16.9. The second kappa shape index (κ2) is 6.91. The zero-order valence-corrected chi connectivity index (χ0v) is 14.2. The van der Waals surface area contributed by atoms with E-state index in [9.17, 15) is 4.79 Å². The van der Waals surface area contributed by atoms with Gasteiger partial charge < -0.3 is 14.2 Å². The number of Topliss-reactive ketones (excluding diaryl/α,β-unsaturated/α-hetero) is 1. The van der Waals surface area contributed by atoms with Crippen LogP contribution in [0.5, 0.6) is 17.2 Å². The number of aryl methyl sites for hydroxylation is 1. The van der Waals surface area contributed by atoms with Crippen LogP contribution in [0.3, 0.4) is 0 Å². The molecule has 1 heterocycles. The number of ether oxygens (including phenoxy) is 3. The average Bonchev–Trinajstić information content (AvgIpc) is 2.94. The molecule has 1 unspecified atom stereocenters. The molecule has 0 spiro atoms. The lowest BCUT2D eigenvalue weighted by Crippen LogP contribution is -2.11. The molecule has 1 aromatic heterocycles. The van der Waals surface area contributed by atoms with Crippen molar-refractivity contribution < 1.29 is 19.0 Å². The highest BCUT2D eigenvalue weighted by atomic mass is 16.5. The number of benzene rings is 1. The van der Waals surface area contributed by atoms with Gasteiger partial charge in [0.1, 0.15) is 0 Å². The van der Waals surface area contributed by atoms with Gasteiger partial charge in [0.15, 0.2) is 17.3 Å². The average molecular weight is 327 g/mol. The van der Waals surface area contributed by atoms with Gasteiger partial charge in [0.25, 0.3) is 0 Å². The van der Waals surface area contributed by atoms with Crippen LogP contribution in [0.2, 0.25) is 0 Å². The first-order chi connectivity index (χ1) is 11.7. The van der Waals surface area contributed by atoms with Gasteiger partial charge in [0, 0.05) is 18.3 Å². The molecule has 0 fully saturated rings. The summed E-state index contributed by atoms with van der Waals surface area (Å²) in [6.45, 7) is 0. The topological polar surface area (TPSA) is 57.7 Å². The number of rotatable bonds is 6. The minimum absolute atomic E-state index is 0.0427. The van der Waals surface area contributed by atoms with Crippen molar-refractivity contribution in [2.75, 3.05) is 21.3 Å². The minimum atomic E-state index is -0.0427. The summed E-state index contributed by atoms with van der Waals surface area (Å²) in [6.07, 6.45) is 5.91. The van der Waals surface area contributed by atoms with Crippen molar-refractivity contribution in [3.63, 3.8) is 0 Å². The third kappa shape index (κ3) is 2.82. The van der Waals surface area contributed by atoms with Gasteiger partial charge in [-0.05, 0) is 48.6 Å². The summed E-state index contributed by atoms with van der Waals surface area (Å²) >= 11 is 0. The van der Waals surface area contributed by atoms with Crippen molar-refractivity contribution in [3.05, 3.63) is 47.3 Å². The number of carbonyl (C=O) groups is 1. The molecule has 0 radical (unpaired) electrons. The fraction of sp³-hybridized carbons (Fsp3) is 0.368. The lowest BCUT2D eigenvalue weighted by Gasteiger charge is -2.15. The summed E-state index contributed by atoms with van der Waals surface area (Å²) in [5.41, 5.74) is 2.79. The van der Waals surface area contributed by atoms with Gasteiger partial charge in [0.2, 0.25) is 5.75 Å². The molecular weight excluding hydrogens is 306 g/mol. The van der Waals surface area contributed by atoms with Crippen LogP contribution in [0.4, 0.5) is 0 Å². The van der Waals surface area contributed by atoms with E-state index >= 15 is 0 Å². The van der Waals surface area contributed by atoms with Crippen LogP contribution in [0.15, 0.2) is 30.6 Å². The molecule has 5 heteroatoms. The Morgan fingerprint density at radius 3 is 2.42 bits per heavy atom. The quantitative estimate of drug-likeness (QED) is 0.816. The van der Waals surface area contributed by atoms with Crippen LogP contribution in [-0.4, -0.2) is 32.1 Å². The van der Waals surface area contributed by atoms with Crippen molar-refractivity contribution >= 4 is 5.78 Å². The van der Waals surface area contributed by atoms with Gasteiger partial charge in [-0.2, -0.15) is 0 Å². The largest absolute Gasteiger partial charge is 0.493 e. The Labute approximate surface area is 141 Å². The summed E-state index contributed by atoms with van der Waals surface area (Å²) in [6, 6.07) is 5.86. The SMILES string of the molecule is COc1cc2c(c(OC)c1OC)C(=O)C(CCc1ccncc1)C2. The number of pyridine rings is 1. The number of carbonyl (C=O) groups excluding carboxylic acids is 1. The van der Waals surface area contributed by atoms with Gasteiger partial charge in [0.05, 0.1) is 26.9 Å². The monoisotopic (exact) mass is 327 g/mol. The van der Waals surface area contributed by atoms with Crippen molar-refractivity contribution in [2.45, 2.75) is 19.3 Å². The van der Waals surface area contributed by atoms with Crippen molar-refractivity contribution in [3.8, 4) is 17.2 Å². The lowest BCUT2D eigenvalue weighted by molar-refractivity contribution is 0.0928. The standard InChI is InChI=1S/C19H21NO4/c1-22-15-11-14-10-13(5-4-12-6-8-20-9-7-12)17(21)16(14)19(24-3)18(15)23-2/h6-9,11,13H,4-5,10H2,1-3H3. The van der Waals surface area contributed by atoms with E-state index in [2.05, 4.69) is 4.98 Å². The predicted molar refractivity (Wildman–Crippen MR) is 90.2 cm³/mol. The van der Waals surface area contributed by atoms with Crippen LogP contribution < -0.4 is 14.2 Å². The van der Waals surface area contributed by atoms with Crippen molar-refractivity contribution in [1.29, 1.82) is 0 Å². The van der Waals surface area contributed by atoms with E-state index in [0.29, 0.717) is 29.2 Å². The Kier molecular flexibility index (Phi) is 4.69. The van der Waals surface area contributed by atoms with Gasteiger partial charge >= 0.3 is 0 Å². The van der Waals surface area contributed by atoms with E-state index in [-0.39, 0.29) is 11.7 Å². The maximum absolute atomic E-state index is 12.9. The first kappa shape index (κ1) is 16.3. The third-order valence-corrected chi connectivity index (χ3v) is 4.53. The van der Waals surface area contributed by atoms with Crippen molar-refractivity contribution in [1.82, 2.24) is 4.98 Å². The fourth-order valence-electron chi connectivity index (χ4n) is 3.32. The zero-order valence-electron chi connectivity index (χ0n) is 14.2. The maximum Gasteiger partial charge on any atom is 0.204 e. The number of hydrogen-bond acceptors (Lipinski definition) is 5. The maximum atomic E-state index is 12.9. The van der Waals surface area contributed by atoms with Crippen LogP contribution in [-0.2, 0) is 12.8 Å². The van der Waals surface area contributed by atoms with E-state index < -0.39 is 0 Å². The van der Waals surface area contributed by atoms with E-state index in [0.717, 1.165) is 18.4 Å². The second-order valence-electron chi connectivity index (χ2n) is 5.84. The van der Waals surface area contributed by atoms with Crippen LogP contribution in [0.25, 0.3) is 0 Å². The number of nitrogens with zero attached hydrogens (tertiary/aromatic N) is 1. The summed E-state index contributed by atoms with van der Waals surface area (Å²) in [5, 5.41) is 0. The molecule has 1 aliphatic carbocycles. The number of methoxy groups -OCH3 is 3. The number of fused-ring (bicyclic) bond motifs is 1. The molecule has 1 aliphatic rings. The van der Waals surface area contributed by atoms with E-state index in [1.807, 2.05) is 18.2 Å². The smallest absolute Gasteiger partial charge is 0.204 e. The van der Waals surface area contributed by atoms with E-state index in [1.165, 1.54) is 5.56 Å². The molecule has 3 rings (SSSR count). The summed E-state index contributed by atoms with van der Waals surface area (Å²) in [5.74, 6) is 1.62. The normalized spacial score (nSPS) is 16.0. The van der Waals surface area contributed by atoms with E-state index in [4.69, 9.17) is 14.2 Å². The molecule has 0 saturated heterocycles. The Morgan fingerprint density at radius 2 is 1.79 bits per heavy atom. The molecule has 1 aromatic carbocycles. The van der Waals surface area contributed by atoms with Gasteiger partial charge in [-0.1, -0.05) is 0 Å². The molecule has 5 nitrogen and oxygen atoms in total. The first-order valence-corrected chi connectivity index (χ1v) is 7.94. The Morgan fingerprint density at radius 1 is 1.08 bits per heavy atom. The summed E-state index contributed by atoms with van der Waals surface area (Å²) in [7, 11) is 4.68. The Balaban J connectivity index is 1.87. The predicted octanol–water partition coefficient (Wildman–Crippen LogP) is 3.10. The van der Waals surface area contributed by atoms with Gasteiger partial charge in [-0.3, -0.25) is 9.78 Å². The Hall–Kier alpha value is -2.56. The van der Waals surface area contributed by atoms with Gasteiger partial charge in [-0.15, -0.1) is 0 Å². The number of hydrogen-bond donors (Lipinski definition) is 0.